The van der Waals surface area contributed by atoms with Gasteiger partial charge in [-0.1, -0.05) is 27.0 Å². The lowest BCUT2D eigenvalue weighted by Crippen LogP contribution is -2.41. The number of hydrogen-bond acceptors (Lipinski definition) is 1. The van der Waals surface area contributed by atoms with Gasteiger partial charge in [0, 0.05) is 18.8 Å². The predicted molar refractivity (Wildman–Crippen MR) is 60.0 cm³/mol. The van der Waals surface area contributed by atoms with Gasteiger partial charge in [0.25, 0.3) is 0 Å². The topological polar surface area (TPSA) is 15.6 Å². The Morgan fingerprint density at radius 2 is 1.92 bits per heavy atom. The van der Waals surface area contributed by atoms with Crippen LogP contribution in [0.3, 0.4) is 0 Å². The Balaban J connectivity index is 0.000000671. The van der Waals surface area contributed by atoms with Gasteiger partial charge in [0.2, 0.25) is 0 Å². The van der Waals surface area contributed by atoms with Gasteiger partial charge >= 0.3 is 0 Å². The standard InChI is InChI=1S/C9H14N2.C2H6/c1-4-9(10-8(2)3)11-6-5-7-11;1-2/h4H,1-2,5-7H2,3H3;1-2H3. The van der Waals surface area contributed by atoms with Crippen molar-refractivity contribution in [3.05, 3.63) is 24.9 Å². The minimum Gasteiger partial charge on any atom is -0.356 e. The summed E-state index contributed by atoms with van der Waals surface area (Å²) >= 11 is 0. The summed E-state index contributed by atoms with van der Waals surface area (Å²) in [7, 11) is 0. The molecule has 74 valence electrons. The zero-order chi connectivity index (χ0) is 10.3. The molecule has 1 saturated heterocycles. The van der Waals surface area contributed by atoms with E-state index in [0.29, 0.717) is 0 Å². The minimum absolute atomic E-state index is 0.840. The number of amidine groups is 1. The first-order chi connectivity index (χ1) is 6.24. The Bertz CT molecular complexity index is 200. The predicted octanol–water partition coefficient (Wildman–Crippen LogP) is 2.84. The summed E-state index contributed by atoms with van der Waals surface area (Å²) in [6.07, 6.45) is 3.05. The van der Waals surface area contributed by atoms with E-state index < -0.39 is 0 Å². The Morgan fingerprint density at radius 3 is 2.15 bits per heavy atom. The van der Waals surface area contributed by atoms with E-state index in [0.717, 1.165) is 24.6 Å². The van der Waals surface area contributed by atoms with Crippen molar-refractivity contribution < 1.29 is 0 Å². The van der Waals surface area contributed by atoms with E-state index in [1.54, 1.807) is 6.08 Å². The first-order valence-corrected chi connectivity index (χ1v) is 4.85. The van der Waals surface area contributed by atoms with Crippen LogP contribution >= 0.6 is 0 Å². The van der Waals surface area contributed by atoms with Crippen LogP contribution in [0.4, 0.5) is 0 Å². The van der Waals surface area contributed by atoms with Gasteiger partial charge in [0.1, 0.15) is 5.84 Å². The van der Waals surface area contributed by atoms with Gasteiger partial charge in [0.05, 0.1) is 0 Å². The fourth-order valence-corrected chi connectivity index (χ4v) is 0.986. The summed E-state index contributed by atoms with van der Waals surface area (Å²) in [6.45, 7) is 15.5. The molecule has 1 fully saturated rings. The summed E-state index contributed by atoms with van der Waals surface area (Å²) in [6, 6.07) is 0. The average Bonchev–Trinajstić information content (AvgIpc) is 2.03. The molecule has 1 rings (SSSR count). The van der Waals surface area contributed by atoms with E-state index in [2.05, 4.69) is 23.1 Å². The lowest BCUT2D eigenvalue weighted by molar-refractivity contribution is 0.301. The van der Waals surface area contributed by atoms with Gasteiger partial charge < -0.3 is 4.90 Å². The molecule has 0 atom stereocenters. The molecular weight excluding hydrogens is 160 g/mol. The zero-order valence-corrected chi connectivity index (χ0v) is 9.01. The van der Waals surface area contributed by atoms with Gasteiger partial charge in [-0.15, -0.1) is 0 Å². The quantitative estimate of drug-likeness (QED) is 0.471. The molecular formula is C11H20N2. The summed E-state index contributed by atoms with van der Waals surface area (Å²) in [5.74, 6) is 0.962. The van der Waals surface area contributed by atoms with Gasteiger partial charge in [-0.2, -0.15) is 0 Å². The van der Waals surface area contributed by atoms with Crippen molar-refractivity contribution in [2.24, 2.45) is 4.99 Å². The van der Waals surface area contributed by atoms with Crippen LogP contribution in [0.1, 0.15) is 27.2 Å². The van der Waals surface area contributed by atoms with Crippen LogP contribution in [0.2, 0.25) is 0 Å². The minimum atomic E-state index is 0.840. The van der Waals surface area contributed by atoms with Crippen molar-refractivity contribution >= 4 is 5.84 Å². The van der Waals surface area contributed by atoms with Crippen molar-refractivity contribution in [2.45, 2.75) is 27.2 Å². The number of hydrogen-bond donors (Lipinski definition) is 0. The fraction of sp³-hybridized carbons (Fsp3) is 0.545. The first kappa shape index (κ1) is 11.9. The Morgan fingerprint density at radius 1 is 1.38 bits per heavy atom. The number of rotatable bonds is 2. The van der Waals surface area contributed by atoms with Crippen molar-refractivity contribution in [3.8, 4) is 0 Å². The third-order valence-corrected chi connectivity index (χ3v) is 1.67. The van der Waals surface area contributed by atoms with E-state index in [1.807, 2.05) is 20.8 Å². The molecule has 0 aliphatic carbocycles. The van der Waals surface area contributed by atoms with Crippen molar-refractivity contribution in [2.75, 3.05) is 13.1 Å². The third kappa shape index (κ3) is 3.92. The molecule has 1 aliphatic rings. The fourth-order valence-electron chi connectivity index (χ4n) is 0.986. The van der Waals surface area contributed by atoms with Crippen LogP contribution < -0.4 is 0 Å². The molecule has 2 nitrogen and oxygen atoms in total. The summed E-state index contributed by atoms with van der Waals surface area (Å²) in [4.78, 5) is 6.44. The third-order valence-electron chi connectivity index (χ3n) is 1.67. The van der Waals surface area contributed by atoms with Crippen molar-refractivity contribution in [3.63, 3.8) is 0 Å². The molecule has 0 spiro atoms. The molecule has 0 aromatic carbocycles. The highest BCUT2D eigenvalue weighted by molar-refractivity contribution is 5.93. The SMILES string of the molecule is C=CC(=NC(=C)C)N1CCC1.CC. The second kappa shape index (κ2) is 6.46. The highest BCUT2D eigenvalue weighted by Gasteiger charge is 2.15. The smallest absolute Gasteiger partial charge is 0.128 e. The van der Waals surface area contributed by atoms with Crippen LogP contribution in [0.5, 0.6) is 0 Å². The highest BCUT2D eigenvalue weighted by atomic mass is 15.2. The summed E-state index contributed by atoms with van der Waals surface area (Å²) < 4.78 is 0. The molecule has 0 amide bonds. The monoisotopic (exact) mass is 180 g/mol. The van der Waals surface area contributed by atoms with Crippen LogP contribution in [0.15, 0.2) is 29.9 Å². The van der Waals surface area contributed by atoms with E-state index in [4.69, 9.17) is 0 Å². The number of allylic oxidation sites excluding steroid dienone is 1. The molecule has 1 aliphatic heterocycles. The number of aliphatic imine (C=N–C) groups is 1. The van der Waals surface area contributed by atoms with E-state index in [9.17, 15) is 0 Å². The van der Waals surface area contributed by atoms with Crippen LogP contribution in [-0.4, -0.2) is 23.8 Å². The molecule has 0 aromatic rings. The largest absolute Gasteiger partial charge is 0.356 e. The van der Waals surface area contributed by atoms with Gasteiger partial charge in [0.15, 0.2) is 0 Å². The second-order valence-corrected chi connectivity index (χ2v) is 2.75. The summed E-state index contributed by atoms with van der Waals surface area (Å²) in [5, 5.41) is 0. The number of likely N-dealkylation sites (tertiary alicyclic amines) is 1. The van der Waals surface area contributed by atoms with Gasteiger partial charge in [-0.25, -0.2) is 4.99 Å². The molecule has 0 saturated carbocycles. The Kier molecular flexibility index (Phi) is 5.94. The van der Waals surface area contributed by atoms with E-state index in [-0.39, 0.29) is 0 Å². The molecule has 0 bridgehead atoms. The summed E-state index contributed by atoms with van der Waals surface area (Å²) in [5.41, 5.74) is 0.840. The lowest BCUT2D eigenvalue weighted by atomic mass is 10.2. The Hall–Kier alpha value is -1.05. The van der Waals surface area contributed by atoms with Crippen molar-refractivity contribution in [1.29, 1.82) is 0 Å². The van der Waals surface area contributed by atoms with Crippen LogP contribution in [0, 0.1) is 0 Å². The molecule has 0 radical (unpaired) electrons. The maximum atomic E-state index is 4.25. The van der Waals surface area contributed by atoms with Crippen LogP contribution in [-0.2, 0) is 0 Å². The molecule has 1 heterocycles. The zero-order valence-electron chi connectivity index (χ0n) is 9.01. The highest BCUT2D eigenvalue weighted by Crippen LogP contribution is 2.08. The molecule has 0 unspecified atom stereocenters. The molecule has 2 heteroatoms. The maximum absolute atomic E-state index is 4.25. The maximum Gasteiger partial charge on any atom is 0.128 e. The Labute approximate surface area is 81.7 Å². The molecule has 13 heavy (non-hydrogen) atoms. The second-order valence-electron chi connectivity index (χ2n) is 2.75. The van der Waals surface area contributed by atoms with Crippen molar-refractivity contribution in [1.82, 2.24) is 4.90 Å². The molecule has 0 aromatic heterocycles. The normalized spacial score (nSPS) is 15.3. The van der Waals surface area contributed by atoms with Gasteiger partial charge in [-0.3, -0.25) is 0 Å². The lowest BCUT2D eigenvalue weighted by Gasteiger charge is -2.32. The molecule has 0 N–H and O–H groups in total. The first-order valence-electron chi connectivity index (χ1n) is 4.85. The number of nitrogens with zero attached hydrogens (tertiary/aromatic N) is 2. The van der Waals surface area contributed by atoms with E-state index >= 15 is 0 Å². The average molecular weight is 180 g/mol. The van der Waals surface area contributed by atoms with Gasteiger partial charge in [-0.05, 0) is 19.4 Å². The van der Waals surface area contributed by atoms with Crippen LogP contribution in [0.25, 0.3) is 0 Å². The van der Waals surface area contributed by atoms with E-state index in [1.165, 1.54) is 6.42 Å².